The average molecular weight is 310 g/mol. The largest absolute Gasteiger partial charge is 0.438 e. The highest BCUT2D eigenvalue weighted by Gasteiger charge is 2.30. The van der Waals surface area contributed by atoms with Crippen LogP contribution in [0.5, 0.6) is 0 Å². The molecule has 5 nitrogen and oxygen atoms in total. The lowest BCUT2D eigenvalue weighted by molar-refractivity contribution is 0.0868. The van der Waals surface area contributed by atoms with E-state index < -0.39 is 0 Å². The normalized spacial score (nSPS) is 25.9. The molecule has 0 aromatic carbocycles. The second kappa shape index (κ2) is 7.72. The maximum Gasteiger partial charge on any atom is 0.289 e. The van der Waals surface area contributed by atoms with Gasteiger partial charge in [-0.25, -0.2) is 4.98 Å². The van der Waals surface area contributed by atoms with Gasteiger partial charge in [-0.2, -0.15) is 0 Å². The summed E-state index contributed by atoms with van der Waals surface area (Å²) in [6.07, 6.45) is 2.38. The molecule has 1 aliphatic rings. The van der Waals surface area contributed by atoms with Crippen LogP contribution in [0.15, 0.2) is 10.8 Å². The fourth-order valence-corrected chi connectivity index (χ4v) is 2.34. The molecule has 1 aromatic heterocycles. The summed E-state index contributed by atoms with van der Waals surface area (Å²) in [5.41, 5.74) is 0.631. The molecular formula is C12H21Cl2N3O2. The predicted molar refractivity (Wildman–Crippen MR) is 78.2 cm³/mol. The van der Waals surface area contributed by atoms with Crippen molar-refractivity contribution in [3.05, 3.63) is 17.8 Å². The minimum Gasteiger partial charge on any atom is -0.438 e. The molecule has 3 unspecified atom stereocenters. The van der Waals surface area contributed by atoms with Crippen molar-refractivity contribution < 1.29 is 9.21 Å². The van der Waals surface area contributed by atoms with Gasteiger partial charge in [0.15, 0.2) is 6.39 Å². The summed E-state index contributed by atoms with van der Waals surface area (Å²) in [6.45, 7) is 7.03. The molecule has 0 saturated carbocycles. The number of oxazole rings is 1. The molecule has 0 bridgehead atoms. The van der Waals surface area contributed by atoms with Crippen molar-refractivity contribution in [2.24, 2.45) is 5.92 Å². The number of nitrogens with zero attached hydrogens (tertiary/aromatic N) is 1. The van der Waals surface area contributed by atoms with Gasteiger partial charge in [0, 0.05) is 12.1 Å². The molecule has 1 saturated heterocycles. The third-order valence-electron chi connectivity index (χ3n) is 3.47. The van der Waals surface area contributed by atoms with E-state index in [1.54, 1.807) is 6.92 Å². The van der Waals surface area contributed by atoms with Crippen LogP contribution in [0.3, 0.4) is 0 Å². The molecule has 1 aliphatic heterocycles. The van der Waals surface area contributed by atoms with E-state index >= 15 is 0 Å². The first-order valence-electron chi connectivity index (χ1n) is 6.04. The number of rotatable bonds is 2. The Morgan fingerprint density at radius 3 is 2.68 bits per heavy atom. The minimum atomic E-state index is -0.174. The monoisotopic (exact) mass is 309 g/mol. The molecule has 2 rings (SSSR count). The predicted octanol–water partition coefficient (Wildman–Crippen LogP) is 1.94. The van der Waals surface area contributed by atoms with Gasteiger partial charge in [0.1, 0.15) is 0 Å². The van der Waals surface area contributed by atoms with Gasteiger partial charge in [0.2, 0.25) is 5.76 Å². The Labute approximate surface area is 125 Å². The van der Waals surface area contributed by atoms with E-state index in [2.05, 4.69) is 29.5 Å². The zero-order valence-corrected chi connectivity index (χ0v) is 12.9. The van der Waals surface area contributed by atoms with Crippen molar-refractivity contribution in [2.75, 3.05) is 6.54 Å². The molecule has 0 aliphatic carbocycles. The second-order valence-corrected chi connectivity index (χ2v) is 4.77. The summed E-state index contributed by atoms with van der Waals surface area (Å²) in [5, 5.41) is 6.39. The number of nitrogens with one attached hydrogen (secondary N) is 2. The Kier molecular flexibility index (Phi) is 7.41. The smallest absolute Gasteiger partial charge is 0.289 e. The Balaban J connectivity index is 0.00000162. The highest BCUT2D eigenvalue weighted by atomic mass is 35.5. The van der Waals surface area contributed by atoms with Crippen LogP contribution in [0.1, 0.15) is 36.5 Å². The standard InChI is InChI=1S/C12H19N3O2.2ClH/c1-7-4-5-13-8(2)10(7)15-12(16)11-9(3)14-6-17-11;;/h6-8,10,13H,4-5H2,1-3H3,(H,15,16);2*1H. The first-order chi connectivity index (χ1) is 8.09. The summed E-state index contributed by atoms with van der Waals surface area (Å²) >= 11 is 0. The van der Waals surface area contributed by atoms with Crippen LogP contribution in [-0.4, -0.2) is 29.5 Å². The second-order valence-electron chi connectivity index (χ2n) is 4.77. The van der Waals surface area contributed by atoms with Crippen LogP contribution in [0.25, 0.3) is 0 Å². The summed E-state index contributed by atoms with van der Waals surface area (Å²) in [4.78, 5) is 15.9. The molecule has 0 spiro atoms. The Morgan fingerprint density at radius 2 is 2.16 bits per heavy atom. The number of hydrogen-bond acceptors (Lipinski definition) is 4. The number of carbonyl (C=O) groups excluding carboxylic acids is 1. The molecule has 1 aromatic rings. The van der Waals surface area contributed by atoms with Crippen molar-refractivity contribution in [1.82, 2.24) is 15.6 Å². The summed E-state index contributed by atoms with van der Waals surface area (Å²) in [7, 11) is 0. The number of aromatic nitrogens is 1. The molecular weight excluding hydrogens is 289 g/mol. The van der Waals surface area contributed by atoms with Gasteiger partial charge in [-0.3, -0.25) is 4.79 Å². The SMILES string of the molecule is Cc1ncoc1C(=O)NC1C(C)CCNC1C.Cl.Cl. The zero-order chi connectivity index (χ0) is 12.4. The maximum absolute atomic E-state index is 12.0. The van der Waals surface area contributed by atoms with E-state index in [0.717, 1.165) is 13.0 Å². The fourth-order valence-electron chi connectivity index (χ4n) is 2.34. The molecule has 0 radical (unpaired) electrons. The van der Waals surface area contributed by atoms with E-state index in [1.807, 2.05) is 0 Å². The topological polar surface area (TPSA) is 67.2 Å². The summed E-state index contributed by atoms with van der Waals surface area (Å²) < 4.78 is 5.09. The van der Waals surface area contributed by atoms with Crippen molar-refractivity contribution >= 4 is 30.7 Å². The summed E-state index contributed by atoms with van der Waals surface area (Å²) in [6, 6.07) is 0.423. The fraction of sp³-hybridized carbons (Fsp3) is 0.667. The highest BCUT2D eigenvalue weighted by Crippen LogP contribution is 2.17. The van der Waals surface area contributed by atoms with E-state index in [1.165, 1.54) is 6.39 Å². The van der Waals surface area contributed by atoms with Gasteiger partial charge in [-0.1, -0.05) is 6.92 Å². The van der Waals surface area contributed by atoms with E-state index in [9.17, 15) is 4.79 Å². The van der Waals surface area contributed by atoms with Crippen molar-refractivity contribution in [1.29, 1.82) is 0 Å². The zero-order valence-electron chi connectivity index (χ0n) is 11.3. The number of piperidine rings is 1. The van der Waals surface area contributed by atoms with E-state index in [0.29, 0.717) is 17.4 Å². The van der Waals surface area contributed by atoms with Crippen LogP contribution in [0, 0.1) is 12.8 Å². The highest BCUT2D eigenvalue weighted by molar-refractivity contribution is 5.92. The van der Waals surface area contributed by atoms with E-state index in [4.69, 9.17) is 4.42 Å². The maximum atomic E-state index is 12.0. The van der Waals surface area contributed by atoms with Crippen molar-refractivity contribution in [3.8, 4) is 0 Å². The van der Waals surface area contributed by atoms with E-state index in [-0.39, 0.29) is 42.8 Å². The average Bonchev–Trinajstić information content (AvgIpc) is 2.70. The first kappa shape index (κ1) is 18.2. The minimum absolute atomic E-state index is 0. The molecule has 2 N–H and O–H groups in total. The summed E-state index contributed by atoms with van der Waals surface area (Å²) in [5.74, 6) is 0.612. The van der Waals surface area contributed by atoms with Gasteiger partial charge in [-0.15, -0.1) is 24.8 Å². The molecule has 19 heavy (non-hydrogen) atoms. The van der Waals surface area contributed by atoms with Crippen LogP contribution in [0.4, 0.5) is 0 Å². The lowest BCUT2D eigenvalue weighted by Crippen LogP contribution is -2.55. The number of carbonyl (C=O) groups is 1. The van der Waals surface area contributed by atoms with Gasteiger partial charge in [0.05, 0.1) is 5.69 Å². The number of halogens is 2. The van der Waals surface area contributed by atoms with Crippen molar-refractivity contribution in [2.45, 2.75) is 39.3 Å². The first-order valence-corrected chi connectivity index (χ1v) is 6.04. The van der Waals surface area contributed by atoms with Gasteiger partial charge in [-0.05, 0) is 32.7 Å². The van der Waals surface area contributed by atoms with Crippen LogP contribution < -0.4 is 10.6 Å². The van der Waals surface area contributed by atoms with Crippen LogP contribution >= 0.6 is 24.8 Å². The third-order valence-corrected chi connectivity index (χ3v) is 3.47. The van der Waals surface area contributed by atoms with Gasteiger partial charge >= 0.3 is 0 Å². The van der Waals surface area contributed by atoms with Crippen molar-refractivity contribution in [3.63, 3.8) is 0 Å². The quantitative estimate of drug-likeness (QED) is 0.876. The van der Waals surface area contributed by atoms with Gasteiger partial charge in [0.25, 0.3) is 5.91 Å². The van der Waals surface area contributed by atoms with Gasteiger partial charge < -0.3 is 15.1 Å². The number of hydrogen-bond donors (Lipinski definition) is 2. The Hall–Kier alpha value is -0.780. The number of amides is 1. The Bertz CT molecular complexity index is 401. The van der Waals surface area contributed by atoms with Crippen LogP contribution in [0.2, 0.25) is 0 Å². The lowest BCUT2D eigenvalue weighted by atomic mass is 9.89. The molecule has 110 valence electrons. The molecule has 1 amide bonds. The molecule has 1 fully saturated rings. The third kappa shape index (κ3) is 4.09. The lowest BCUT2D eigenvalue weighted by Gasteiger charge is -2.35. The molecule has 7 heteroatoms. The molecule has 3 atom stereocenters. The number of aryl methyl sites for hydroxylation is 1. The molecule has 2 heterocycles. The van der Waals surface area contributed by atoms with Crippen LogP contribution in [-0.2, 0) is 0 Å². The Morgan fingerprint density at radius 1 is 1.47 bits per heavy atom.